The van der Waals surface area contributed by atoms with E-state index in [0.29, 0.717) is 12.1 Å². The molecule has 0 radical (unpaired) electrons. The summed E-state index contributed by atoms with van der Waals surface area (Å²) in [5.74, 6) is -2.31. The van der Waals surface area contributed by atoms with Crippen molar-refractivity contribution in [3.8, 4) is 0 Å². The molecule has 0 heterocycles. The predicted octanol–water partition coefficient (Wildman–Crippen LogP) is 1.13. The average molecular weight is 294 g/mol. The molecule has 0 aliphatic heterocycles. The minimum Gasteiger partial charge on any atom is -0.467 e. The van der Waals surface area contributed by atoms with E-state index in [1.165, 1.54) is 24.7 Å². The molecule has 1 unspecified atom stereocenters. The van der Waals surface area contributed by atoms with Crippen LogP contribution in [0.1, 0.15) is 30.1 Å². The maximum absolute atomic E-state index is 11.6. The lowest BCUT2D eigenvalue weighted by atomic mass is 10.1. The molecule has 1 atom stereocenters. The van der Waals surface area contributed by atoms with Gasteiger partial charge in [-0.25, -0.2) is 10.3 Å². The molecule has 7 nitrogen and oxygen atoms in total. The molecule has 0 spiro atoms. The van der Waals surface area contributed by atoms with Crippen LogP contribution in [0.5, 0.6) is 0 Å². The highest BCUT2D eigenvalue weighted by Gasteiger charge is 2.18. The Morgan fingerprint density at radius 2 is 1.86 bits per heavy atom. The molecule has 7 heteroatoms. The Morgan fingerprint density at radius 3 is 2.33 bits per heavy atom. The fourth-order valence-corrected chi connectivity index (χ4v) is 1.78. The lowest BCUT2D eigenvalue weighted by molar-refractivity contribution is -0.141. The maximum Gasteiger partial charge on any atom is 0.328 e. The number of hydrogen-bond acceptors (Lipinski definition) is 6. The van der Waals surface area contributed by atoms with Crippen LogP contribution in [0.4, 0.5) is 5.69 Å². The summed E-state index contributed by atoms with van der Waals surface area (Å²) in [6, 6.07) is 5.54. The number of benzene rings is 1. The molecule has 0 aliphatic rings. The standard InChI is InChI=1S/C14H18N2O5/c1-3-4-11(14(19)21-2)15-10-7-5-9(6-8-10)12(17)13(18)16-20/h5-8,11,15,20H,3-4H2,1-2H3,(H,16,18). The molecule has 1 rings (SSSR count). The van der Waals surface area contributed by atoms with Gasteiger partial charge in [0.25, 0.3) is 5.78 Å². The number of carbonyl (C=O) groups is 3. The van der Waals surface area contributed by atoms with E-state index in [1.54, 1.807) is 12.1 Å². The number of rotatable bonds is 7. The van der Waals surface area contributed by atoms with Gasteiger partial charge < -0.3 is 10.1 Å². The van der Waals surface area contributed by atoms with Crippen LogP contribution < -0.4 is 10.8 Å². The van der Waals surface area contributed by atoms with Crippen LogP contribution in [0.3, 0.4) is 0 Å². The van der Waals surface area contributed by atoms with Gasteiger partial charge in [0.15, 0.2) is 0 Å². The van der Waals surface area contributed by atoms with Gasteiger partial charge in [0.05, 0.1) is 7.11 Å². The second kappa shape index (κ2) is 8.01. The minimum absolute atomic E-state index is 0.136. The normalized spacial score (nSPS) is 11.4. The second-order valence-electron chi connectivity index (χ2n) is 4.36. The van der Waals surface area contributed by atoms with Gasteiger partial charge in [-0.1, -0.05) is 13.3 Å². The number of anilines is 1. The van der Waals surface area contributed by atoms with E-state index in [-0.39, 0.29) is 11.5 Å². The number of nitrogens with one attached hydrogen (secondary N) is 2. The van der Waals surface area contributed by atoms with Crippen LogP contribution in [0.15, 0.2) is 24.3 Å². The molecule has 0 saturated heterocycles. The highest BCUT2D eigenvalue weighted by molar-refractivity contribution is 6.42. The molecule has 0 aliphatic carbocycles. The molecule has 0 fully saturated rings. The summed E-state index contributed by atoms with van der Waals surface area (Å²) >= 11 is 0. The van der Waals surface area contributed by atoms with Crippen molar-refractivity contribution in [1.29, 1.82) is 0 Å². The highest BCUT2D eigenvalue weighted by atomic mass is 16.5. The van der Waals surface area contributed by atoms with Crippen molar-refractivity contribution in [3.63, 3.8) is 0 Å². The first-order chi connectivity index (χ1) is 10.0. The molecular formula is C14H18N2O5. The molecule has 0 bridgehead atoms. The van der Waals surface area contributed by atoms with E-state index in [4.69, 9.17) is 9.94 Å². The third kappa shape index (κ3) is 4.57. The number of carbonyl (C=O) groups excluding carboxylic acids is 3. The van der Waals surface area contributed by atoms with Gasteiger partial charge in [0.1, 0.15) is 6.04 Å². The SMILES string of the molecule is CCCC(Nc1ccc(C(=O)C(=O)NO)cc1)C(=O)OC. The summed E-state index contributed by atoms with van der Waals surface area (Å²) in [5.41, 5.74) is 2.05. The monoisotopic (exact) mass is 294 g/mol. The smallest absolute Gasteiger partial charge is 0.328 e. The molecule has 3 N–H and O–H groups in total. The van der Waals surface area contributed by atoms with Gasteiger partial charge in [-0.2, -0.15) is 0 Å². The molecule has 0 saturated carbocycles. The Balaban J connectivity index is 2.79. The third-order valence-electron chi connectivity index (χ3n) is 2.86. The Morgan fingerprint density at radius 1 is 1.24 bits per heavy atom. The second-order valence-corrected chi connectivity index (χ2v) is 4.36. The van der Waals surface area contributed by atoms with Gasteiger partial charge in [0, 0.05) is 11.3 Å². The molecule has 0 aromatic heterocycles. The van der Waals surface area contributed by atoms with E-state index in [0.717, 1.165) is 6.42 Å². The summed E-state index contributed by atoms with van der Waals surface area (Å²) in [4.78, 5) is 34.1. The van der Waals surface area contributed by atoms with E-state index < -0.39 is 17.7 Å². The van der Waals surface area contributed by atoms with Crippen molar-refractivity contribution in [2.75, 3.05) is 12.4 Å². The van der Waals surface area contributed by atoms with Crippen molar-refractivity contribution in [2.24, 2.45) is 0 Å². The van der Waals surface area contributed by atoms with Crippen LogP contribution in [0.2, 0.25) is 0 Å². The van der Waals surface area contributed by atoms with Crippen molar-refractivity contribution in [2.45, 2.75) is 25.8 Å². The Bertz CT molecular complexity index is 513. The minimum atomic E-state index is -1.10. The van der Waals surface area contributed by atoms with Gasteiger partial charge >= 0.3 is 11.9 Å². The average Bonchev–Trinajstić information content (AvgIpc) is 2.52. The predicted molar refractivity (Wildman–Crippen MR) is 75.0 cm³/mol. The Hall–Kier alpha value is -2.41. The molecule has 1 aromatic rings. The molecule has 21 heavy (non-hydrogen) atoms. The van der Waals surface area contributed by atoms with Crippen molar-refractivity contribution in [1.82, 2.24) is 5.48 Å². The fourth-order valence-electron chi connectivity index (χ4n) is 1.78. The number of hydroxylamine groups is 1. The van der Waals surface area contributed by atoms with Crippen LogP contribution >= 0.6 is 0 Å². The topological polar surface area (TPSA) is 105 Å². The van der Waals surface area contributed by atoms with Gasteiger partial charge in [-0.3, -0.25) is 14.8 Å². The molecule has 114 valence electrons. The first-order valence-electron chi connectivity index (χ1n) is 6.46. The number of amides is 1. The van der Waals surface area contributed by atoms with Crippen molar-refractivity contribution < 1.29 is 24.3 Å². The van der Waals surface area contributed by atoms with E-state index >= 15 is 0 Å². The number of esters is 1. The van der Waals surface area contributed by atoms with Crippen LogP contribution in [-0.4, -0.2) is 36.0 Å². The lowest BCUT2D eigenvalue weighted by Gasteiger charge is -2.17. The number of methoxy groups -OCH3 is 1. The number of hydrogen-bond donors (Lipinski definition) is 3. The van der Waals surface area contributed by atoms with E-state index in [2.05, 4.69) is 5.32 Å². The van der Waals surface area contributed by atoms with Crippen LogP contribution in [0.25, 0.3) is 0 Å². The number of ether oxygens (including phenoxy) is 1. The quantitative estimate of drug-likeness (QED) is 0.229. The lowest BCUT2D eigenvalue weighted by Crippen LogP contribution is -2.30. The first kappa shape index (κ1) is 16.6. The highest BCUT2D eigenvalue weighted by Crippen LogP contribution is 2.14. The van der Waals surface area contributed by atoms with Crippen molar-refractivity contribution in [3.05, 3.63) is 29.8 Å². The van der Waals surface area contributed by atoms with Gasteiger partial charge in [-0.15, -0.1) is 0 Å². The summed E-state index contributed by atoms with van der Waals surface area (Å²) < 4.78 is 4.71. The Kier molecular flexibility index (Phi) is 6.35. The third-order valence-corrected chi connectivity index (χ3v) is 2.86. The van der Waals surface area contributed by atoms with Gasteiger partial charge in [-0.05, 0) is 30.7 Å². The number of Topliss-reactive ketones (excluding diaryl/α,β-unsaturated/α-hetero) is 1. The van der Waals surface area contributed by atoms with Crippen LogP contribution in [-0.2, 0) is 14.3 Å². The van der Waals surface area contributed by atoms with Crippen LogP contribution in [0, 0.1) is 0 Å². The summed E-state index contributed by atoms with van der Waals surface area (Å²) in [6.07, 6.45) is 1.42. The van der Waals surface area contributed by atoms with Crippen molar-refractivity contribution >= 4 is 23.3 Å². The summed E-state index contributed by atoms with van der Waals surface area (Å²) in [7, 11) is 1.32. The zero-order valence-electron chi connectivity index (χ0n) is 11.9. The maximum atomic E-state index is 11.6. The largest absolute Gasteiger partial charge is 0.467 e. The van der Waals surface area contributed by atoms with E-state index in [1.807, 2.05) is 6.92 Å². The summed E-state index contributed by atoms with van der Waals surface area (Å²) in [5, 5.41) is 11.4. The van der Waals surface area contributed by atoms with E-state index in [9.17, 15) is 14.4 Å². The molecule has 1 aromatic carbocycles. The first-order valence-corrected chi connectivity index (χ1v) is 6.46. The zero-order chi connectivity index (χ0) is 15.8. The fraction of sp³-hybridized carbons (Fsp3) is 0.357. The zero-order valence-corrected chi connectivity index (χ0v) is 11.9. The summed E-state index contributed by atoms with van der Waals surface area (Å²) in [6.45, 7) is 1.95. The molecular weight excluding hydrogens is 276 g/mol. The number of ketones is 1. The Labute approximate surface area is 122 Å². The van der Waals surface area contributed by atoms with Gasteiger partial charge in [0.2, 0.25) is 0 Å². The molecule has 1 amide bonds.